The average molecular weight is 209 g/mol. The van der Waals surface area contributed by atoms with Crippen molar-refractivity contribution >= 4 is 0 Å². The highest BCUT2D eigenvalue weighted by molar-refractivity contribution is 5.44. The highest BCUT2D eigenvalue weighted by Gasteiger charge is 2.22. The molecule has 0 atom stereocenters. The van der Waals surface area contributed by atoms with E-state index >= 15 is 0 Å². The fourth-order valence-corrected chi connectivity index (χ4v) is 1.42. The average Bonchev–Trinajstić information content (AvgIpc) is 2.10. The molecule has 0 saturated heterocycles. The molecule has 1 saturated carbocycles. The molecule has 0 N–H and O–H groups in total. The van der Waals surface area contributed by atoms with Gasteiger partial charge in [0.1, 0.15) is 29.0 Å². The van der Waals surface area contributed by atoms with E-state index in [0.717, 1.165) is 25.3 Å². The molecule has 1 aromatic carbocycles. The van der Waals surface area contributed by atoms with Gasteiger partial charge in [-0.2, -0.15) is 5.26 Å². The van der Waals surface area contributed by atoms with Crippen molar-refractivity contribution in [3.05, 3.63) is 29.3 Å². The molecule has 0 aromatic heterocycles. The lowest BCUT2D eigenvalue weighted by atomic mass is 9.96. The van der Waals surface area contributed by atoms with Gasteiger partial charge in [0.15, 0.2) is 0 Å². The molecule has 0 unspecified atom stereocenters. The Bertz CT molecular complexity index is 421. The molecule has 1 aromatic rings. The van der Waals surface area contributed by atoms with E-state index in [-0.39, 0.29) is 17.4 Å². The van der Waals surface area contributed by atoms with E-state index in [9.17, 15) is 8.78 Å². The standard InChI is InChI=1S/C11H9F2NO/c12-7-4-10(13)9(6-14)11(5-7)15-8-2-1-3-8/h4-5,8H,1-3H2. The van der Waals surface area contributed by atoms with Gasteiger partial charge in [0.25, 0.3) is 0 Å². The molecular weight excluding hydrogens is 200 g/mol. The Morgan fingerprint density at radius 3 is 2.60 bits per heavy atom. The number of halogens is 2. The SMILES string of the molecule is N#Cc1c(F)cc(F)cc1OC1CCC1. The maximum absolute atomic E-state index is 13.1. The Hall–Kier alpha value is -1.63. The molecule has 0 aliphatic heterocycles. The summed E-state index contributed by atoms with van der Waals surface area (Å²) in [4.78, 5) is 0. The Morgan fingerprint density at radius 2 is 2.07 bits per heavy atom. The molecule has 0 bridgehead atoms. The van der Waals surface area contributed by atoms with Gasteiger partial charge in [0.05, 0.1) is 6.10 Å². The molecule has 4 heteroatoms. The van der Waals surface area contributed by atoms with Gasteiger partial charge in [-0.25, -0.2) is 8.78 Å². The number of nitrogens with zero attached hydrogens (tertiary/aromatic N) is 1. The van der Waals surface area contributed by atoms with Crippen molar-refractivity contribution < 1.29 is 13.5 Å². The molecule has 15 heavy (non-hydrogen) atoms. The van der Waals surface area contributed by atoms with Gasteiger partial charge < -0.3 is 4.74 Å². The van der Waals surface area contributed by atoms with E-state index < -0.39 is 11.6 Å². The highest BCUT2D eigenvalue weighted by Crippen LogP contribution is 2.29. The van der Waals surface area contributed by atoms with E-state index in [0.29, 0.717) is 6.07 Å². The first-order valence-corrected chi connectivity index (χ1v) is 4.76. The van der Waals surface area contributed by atoms with Gasteiger partial charge in [0.2, 0.25) is 0 Å². The summed E-state index contributed by atoms with van der Waals surface area (Å²) < 4.78 is 31.4. The Kier molecular flexibility index (Phi) is 2.55. The van der Waals surface area contributed by atoms with E-state index in [4.69, 9.17) is 10.00 Å². The van der Waals surface area contributed by atoms with Crippen LogP contribution in [0.25, 0.3) is 0 Å². The maximum Gasteiger partial charge on any atom is 0.147 e. The smallest absolute Gasteiger partial charge is 0.147 e. The van der Waals surface area contributed by atoms with Gasteiger partial charge in [0, 0.05) is 12.1 Å². The molecule has 2 nitrogen and oxygen atoms in total. The van der Waals surface area contributed by atoms with Crippen LogP contribution in [-0.4, -0.2) is 6.10 Å². The summed E-state index contributed by atoms with van der Waals surface area (Å²) in [6.45, 7) is 0. The highest BCUT2D eigenvalue weighted by atomic mass is 19.1. The first-order valence-electron chi connectivity index (χ1n) is 4.76. The lowest BCUT2D eigenvalue weighted by Crippen LogP contribution is -2.25. The summed E-state index contributed by atoms with van der Waals surface area (Å²) in [7, 11) is 0. The Balaban J connectivity index is 2.31. The molecule has 2 rings (SSSR count). The van der Waals surface area contributed by atoms with Crippen molar-refractivity contribution in [1.29, 1.82) is 5.26 Å². The van der Waals surface area contributed by atoms with Crippen molar-refractivity contribution in [2.24, 2.45) is 0 Å². The van der Waals surface area contributed by atoms with Crippen LogP contribution in [0.4, 0.5) is 8.78 Å². The molecule has 1 aliphatic rings. The van der Waals surface area contributed by atoms with Crippen LogP contribution in [0.1, 0.15) is 24.8 Å². The van der Waals surface area contributed by atoms with Crippen LogP contribution in [-0.2, 0) is 0 Å². The summed E-state index contributed by atoms with van der Waals surface area (Å²) >= 11 is 0. The van der Waals surface area contributed by atoms with Crippen LogP contribution in [0.15, 0.2) is 12.1 Å². The van der Waals surface area contributed by atoms with Gasteiger partial charge >= 0.3 is 0 Å². The molecule has 1 aliphatic carbocycles. The van der Waals surface area contributed by atoms with Crippen LogP contribution >= 0.6 is 0 Å². The minimum atomic E-state index is -0.869. The maximum atomic E-state index is 13.1. The third kappa shape index (κ3) is 1.91. The monoisotopic (exact) mass is 209 g/mol. The quantitative estimate of drug-likeness (QED) is 0.750. The van der Waals surface area contributed by atoms with Gasteiger partial charge in [-0.05, 0) is 19.3 Å². The van der Waals surface area contributed by atoms with Crippen LogP contribution in [0.5, 0.6) is 5.75 Å². The minimum Gasteiger partial charge on any atom is -0.489 e. The number of benzene rings is 1. The fraction of sp³-hybridized carbons (Fsp3) is 0.364. The molecular formula is C11H9F2NO. The lowest BCUT2D eigenvalue weighted by Gasteiger charge is -2.26. The zero-order valence-corrected chi connectivity index (χ0v) is 7.96. The van der Waals surface area contributed by atoms with E-state index in [1.807, 2.05) is 0 Å². The summed E-state index contributed by atoms with van der Waals surface area (Å²) in [6, 6.07) is 3.42. The topological polar surface area (TPSA) is 33.0 Å². The number of ether oxygens (including phenoxy) is 1. The molecule has 1 fully saturated rings. The Labute approximate surface area is 86.1 Å². The predicted octanol–water partition coefficient (Wildman–Crippen LogP) is 2.77. The number of rotatable bonds is 2. The van der Waals surface area contributed by atoms with Crippen molar-refractivity contribution in [3.63, 3.8) is 0 Å². The van der Waals surface area contributed by atoms with E-state index in [2.05, 4.69) is 0 Å². The van der Waals surface area contributed by atoms with Crippen LogP contribution in [0.2, 0.25) is 0 Å². The predicted molar refractivity (Wildman–Crippen MR) is 49.3 cm³/mol. The summed E-state index contributed by atoms with van der Waals surface area (Å²) in [6.07, 6.45) is 2.81. The van der Waals surface area contributed by atoms with Crippen molar-refractivity contribution in [2.75, 3.05) is 0 Å². The number of hydrogen-bond acceptors (Lipinski definition) is 2. The van der Waals surface area contributed by atoms with Gasteiger partial charge in [-0.15, -0.1) is 0 Å². The summed E-state index contributed by atoms with van der Waals surface area (Å²) in [5.41, 5.74) is -0.219. The van der Waals surface area contributed by atoms with Gasteiger partial charge in [-0.3, -0.25) is 0 Å². The normalized spacial score (nSPS) is 15.5. The third-order valence-electron chi connectivity index (χ3n) is 2.48. The largest absolute Gasteiger partial charge is 0.489 e. The first-order chi connectivity index (χ1) is 7.20. The number of hydrogen-bond donors (Lipinski definition) is 0. The second-order valence-electron chi connectivity index (χ2n) is 3.54. The van der Waals surface area contributed by atoms with Crippen LogP contribution in [0.3, 0.4) is 0 Å². The zero-order valence-electron chi connectivity index (χ0n) is 7.96. The lowest BCUT2D eigenvalue weighted by molar-refractivity contribution is 0.119. The van der Waals surface area contributed by atoms with E-state index in [1.165, 1.54) is 0 Å². The zero-order chi connectivity index (χ0) is 10.8. The first kappa shape index (κ1) is 9.91. The van der Waals surface area contributed by atoms with Crippen molar-refractivity contribution in [3.8, 4) is 11.8 Å². The molecule has 0 spiro atoms. The van der Waals surface area contributed by atoms with Gasteiger partial charge in [-0.1, -0.05) is 0 Å². The fourth-order valence-electron chi connectivity index (χ4n) is 1.42. The molecule has 0 amide bonds. The molecule has 0 heterocycles. The van der Waals surface area contributed by atoms with E-state index in [1.54, 1.807) is 6.07 Å². The third-order valence-corrected chi connectivity index (χ3v) is 2.48. The molecule has 0 radical (unpaired) electrons. The minimum absolute atomic E-state index is 0.00157. The van der Waals surface area contributed by atoms with Crippen molar-refractivity contribution in [1.82, 2.24) is 0 Å². The van der Waals surface area contributed by atoms with Crippen LogP contribution < -0.4 is 4.74 Å². The summed E-state index contributed by atoms with van der Waals surface area (Å²) in [5.74, 6) is -1.58. The number of nitriles is 1. The molecule has 78 valence electrons. The second kappa shape index (κ2) is 3.85. The Morgan fingerprint density at radius 1 is 1.33 bits per heavy atom. The second-order valence-corrected chi connectivity index (χ2v) is 3.54. The van der Waals surface area contributed by atoms with Crippen LogP contribution in [0, 0.1) is 23.0 Å². The van der Waals surface area contributed by atoms with Crippen molar-refractivity contribution in [2.45, 2.75) is 25.4 Å². The summed E-state index contributed by atoms with van der Waals surface area (Å²) in [5, 5.41) is 8.70.